The Morgan fingerprint density at radius 3 is 1.36 bits per heavy atom. The Bertz CT molecular complexity index is 1000. The van der Waals surface area contributed by atoms with E-state index in [0.29, 0.717) is 23.7 Å². The SMILES string of the molecule is O=C(C1=C[C@H]2[C@@H]3C[C@@H]4[C@H]2[C@@H]4[C@H]13)c1ccc(C(=O)C2=C[C@@H]3[C@H]4C[C@H]5[C@@H]3[C@H]5[C@@H]24)cc1. The predicted octanol–water partition coefficient (Wildman–Crippen LogP) is 4.19. The van der Waals surface area contributed by atoms with Crippen molar-refractivity contribution in [3.63, 3.8) is 0 Å². The van der Waals surface area contributed by atoms with Crippen molar-refractivity contribution in [3.8, 4) is 0 Å². The van der Waals surface area contributed by atoms with Crippen LogP contribution in [0.1, 0.15) is 33.6 Å². The number of benzene rings is 1. The van der Waals surface area contributed by atoms with Crippen LogP contribution >= 0.6 is 0 Å². The Morgan fingerprint density at radius 2 is 1.04 bits per heavy atom. The van der Waals surface area contributed by atoms with Crippen LogP contribution in [0.3, 0.4) is 0 Å². The van der Waals surface area contributed by atoms with Gasteiger partial charge in [0.25, 0.3) is 0 Å². The molecule has 28 heavy (non-hydrogen) atoms. The van der Waals surface area contributed by atoms with E-state index in [0.717, 1.165) is 69.6 Å². The summed E-state index contributed by atoms with van der Waals surface area (Å²) < 4.78 is 0. The van der Waals surface area contributed by atoms with Crippen molar-refractivity contribution in [1.82, 2.24) is 0 Å². The molecule has 138 valence electrons. The van der Waals surface area contributed by atoms with Gasteiger partial charge in [-0.05, 0) is 83.9 Å². The molecule has 10 aliphatic rings. The zero-order valence-electron chi connectivity index (χ0n) is 15.6. The van der Waals surface area contributed by atoms with Gasteiger partial charge in [0.05, 0.1) is 0 Å². The van der Waals surface area contributed by atoms with Crippen LogP contribution in [0.15, 0.2) is 47.6 Å². The average molecular weight is 366 g/mol. The number of Topliss-reactive ketones (excluding diaryl/α,β-unsaturated/α-hetero) is 2. The van der Waals surface area contributed by atoms with Gasteiger partial charge < -0.3 is 0 Å². The maximum Gasteiger partial charge on any atom is 0.189 e. The third kappa shape index (κ3) is 1.28. The normalized spacial score (nSPS) is 55.6. The molecule has 2 nitrogen and oxygen atoms in total. The average Bonchev–Trinajstić information content (AvgIpc) is 3.23. The fourth-order valence-corrected chi connectivity index (χ4v) is 9.98. The molecule has 8 saturated carbocycles. The van der Waals surface area contributed by atoms with Crippen LogP contribution in [0.4, 0.5) is 0 Å². The molecule has 2 heteroatoms. The molecule has 0 aliphatic heterocycles. The lowest BCUT2D eigenvalue weighted by Crippen LogP contribution is -2.15. The van der Waals surface area contributed by atoms with E-state index in [4.69, 9.17) is 0 Å². The largest absolute Gasteiger partial charge is 0.289 e. The van der Waals surface area contributed by atoms with E-state index in [1.54, 1.807) is 0 Å². The Morgan fingerprint density at radius 1 is 0.607 bits per heavy atom. The molecule has 12 bridgehead atoms. The Kier molecular flexibility index (Phi) is 2.02. The van der Waals surface area contributed by atoms with Gasteiger partial charge >= 0.3 is 0 Å². The summed E-state index contributed by atoms with van der Waals surface area (Å²) in [4.78, 5) is 26.3. The summed E-state index contributed by atoms with van der Waals surface area (Å²) >= 11 is 0. The molecular weight excluding hydrogens is 344 g/mol. The van der Waals surface area contributed by atoms with Crippen LogP contribution < -0.4 is 0 Å². The maximum absolute atomic E-state index is 13.1. The fourth-order valence-electron chi connectivity index (χ4n) is 9.98. The van der Waals surface area contributed by atoms with Crippen molar-refractivity contribution in [2.45, 2.75) is 12.8 Å². The number of rotatable bonds is 4. The van der Waals surface area contributed by atoms with Gasteiger partial charge in [0, 0.05) is 22.3 Å². The molecule has 0 radical (unpaired) electrons. The lowest BCUT2D eigenvalue weighted by molar-refractivity contribution is 0.101. The lowest BCUT2D eigenvalue weighted by atomic mass is 9.87. The van der Waals surface area contributed by atoms with Crippen molar-refractivity contribution in [3.05, 3.63) is 58.7 Å². The summed E-state index contributed by atoms with van der Waals surface area (Å²) in [5.74, 6) is 9.96. The van der Waals surface area contributed by atoms with Crippen LogP contribution in [-0.4, -0.2) is 11.6 Å². The number of carbonyl (C=O) groups excluding carboxylic acids is 2. The monoisotopic (exact) mass is 366 g/mol. The van der Waals surface area contributed by atoms with E-state index in [1.807, 2.05) is 24.3 Å². The number of carbonyl (C=O) groups is 2. The molecule has 0 amide bonds. The summed E-state index contributed by atoms with van der Waals surface area (Å²) in [5.41, 5.74) is 3.75. The van der Waals surface area contributed by atoms with Gasteiger partial charge in [-0.3, -0.25) is 9.59 Å². The zero-order valence-corrected chi connectivity index (χ0v) is 15.6. The molecule has 0 saturated heterocycles. The highest BCUT2D eigenvalue weighted by Gasteiger charge is 2.77. The second-order valence-electron chi connectivity index (χ2n) is 11.1. The summed E-state index contributed by atoms with van der Waals surface area (Å²) in [6.07, 6.45) is 7.38. The zero-order chi connectivity index (χ0) is 18.0. The third-order valence-corrected chi connectivity index (χ3v) is 10.7. The molecule has 11 rings (SSSR count). The van der Waals surface area contributed by atoms with Crippen LogP contribution in [0.25, 0.3) is 0 Å². The second-order valence-corrected chi connectivity index (χ2v) is 11.1. The van der Waals surface area contributed by atoms with Crippen LogP contribution in [0.5, 0.6) is 0 Å². The van der Waals surface area contributed by atoms with Gasteiger partial charge in [-0.25, -0.2) is 0 Å². The Balaban J connectivity index is 1.00. The van der Waals surface area contributed by atoms with E-state index < -0.39 is 0 Å². The molecule has 10 aliphatic carbocycles. The second kappa shape index (κ2) is 4.01. The number of hydrogen-bond acceptors (Lipinski definition) is 2. The van der Waals surface area contributed by atoms with Crippen LogP contribution in [-0.2, 0) is 0 Å². The van der Waals surface area contributed by atoms with Crippen molar-refractivity contribution in [2.24, 2.45) is 71.0 Å². The number of hydrogen-bond donors (Lipinski definition) is 0. The molecule has 0 spiro atoms. The van der Waals surface area contributed by atoms with Crippen molar-refractivity contribution < 1.29 is 9.59 Å². The van der Waals surface area contributed by atoms with E-state index in [-0.39, 0.29) is 11.6 Å². The first kappa shape index (κ1) is 14.1. The first-order valence-electron chi connectivity index (χ1n) is 11.4. The lowest BCUT2D eigenvalue weighted by Gasteiger charge is -2.15. The van der Waals surface area contributed by atoms with Gasteiger partial charge in [0.2, 0.25) is 0 Å². The smallest absolute Gasteiger partial charge is 0.189 e. The highest BCUT2D eigenvalue weighted by molar-refractivity contribution is 6.12. The minimum Gasteiger partial charge on any atom is -0.289 e. The van der Waals surface area contributed by atoms with E-state index in [9.17, 15) is 9.59 Å². The summed E-state index contributed by atoms with van der Waals surface area (Å²) in [7, 11) is 0. The molecule has 0 heterocycles. The van der Waals surface area contributed by atoms with Crippen molar-refractivity contribution in [2.75, 3.05) is 0 Å². The standard InChI is InChI=1S/C26H22O2/c27-25(17-7-13-11-5-15-19(13)23(15)21(11)17)9-1-2-10(4-3-9)26(28)18-8-14-12-6-16-20(14)24(16)22(12)18/h1-4,7-8,11-16,19-24H,5-6H2/t11-,12+,13-,14+,15+,16-,19-,20+,21-,22+,23+,24-. The van der Waals surface area contributed by atoms with Crippen molar-refractivity contribution in [1.29, 1.82) is 0 Å². The summed E-state index contributed by atoms with van der Waals surface area (Å²) in [6, 6.07) is 7.63. The number of allylic oxidation sites excluding steroid dienone is 4. The van der Waals surface area contributed by atoms with Gasteiger partial charge in [0.15, 0.2) is 11.6 Å². The molecule has 12 atom stereocenters. The van der Waals surface area contributed by atoms with Crippen LogP contribution in [0, 0.1) is 71.0 Å². The quantitative estimate of drug-likeness (QED) is 0.749. The summed E-state index contributed by atoms with van der Waals surface area (Å²) in [5, 5.41) is 0. The van der Waals surface area contributed by atoms with Crippen molar-refractivity contribution >= 4 is 11.6 Å². The minimum absolute atomic E-state index is 0.225. The maximum atomic E-state index is 13.1. The van der Waals surface area contributed by atoms with E-state index in [1.165, 1.54) is 12.8 Å². The topological polar surface area (TPSA) is 34.1 Å². The van der Waals surface area contributed by atoms with Gasteiger partial charge in [-0.1, -0.05) is 36.4 Å². The third-order valence-electron chi connectivity index (χ3n) is 10.7. The highest BCUT2D eigenvalue weighted by atomic mass is 16.1. The van der Waals surface area contributed by atoms with Gasteiger partial charge in [-0.15, -0.1) is 0 Å². The highest BCUT2D eigenvalue weighted by Crippen LogP contribution is 2.81. The van der Waals surface area contributed by atoms with Gasteiger partial charge in [-0.2, -0.15) is 0 Å². The van der Waals surface area contributed by atoms with Crippen LogP contribution in [0.2, 0.25) is 0 Å². The molecule has 1 aromatic carbocycles. The molecule has 0 aromatic heterocycles. The first-order chi connectivity index (χ1) is 13.7. The Hall–Kier alpha value is -1.96. The molecule has 0 unspecified atom stereocenters. The fraction of sp³-hybridized carbons (Fsp3) is 0.538. The minimum atomic E-state index is 0.225. The molecule has 1 aromatic rings. The Labute approximate surface area is 164 Å². The summed E-state index contributed by atoms with van der Waals surface area (Å²) in [6.45, 7) is 0. The molecular formula is C26H22O2. The molecule has 8 fully saturated rings. The predicted molar refractivity (Wildman–Crippen MR) is 102 cm³/mol. The molecule has 0 N–H and O–H groups in total. The van der Waals surface area contributed by atoms with E-state index >= 15 is 0 Å². The number of ketones is 2. The van der Waals surface area contributed by atoms with Gasteiger partial charge in [0.1, 0.15) is 0 Å². The first-order valence-corrected chi connectivity index (χ1v) is 11.4. The van der Waals surface area contributed by atoms with E-state index in [2.05, 4.69) is 12.2 Å².